The van der Waals surface area contributed by atoms with Gasteiger partial charge in [0.25, 0.3) is 0 Å². The van der Waals surface area contributed by atoms with Crippen molar-refractivity contribution in [2.75, 3.05) is 13.6 Å². The molecule has 0 aromatic rings. The molecule has 12 heavy (non-hydrogen) atoms. The number of likely N-dealkylation sites (tertiary alicyclic amines) is 1. The van der Waals surface area contributed by atoms with E-state index in [4.69, 9.17) is 0 Å². The first kappa shape index (κ1) is 7.77. The van der Waals surface area contributed by atoms with Crippen molar-refractivity contribution in [1.29, 1.82) is 0 Å². The number of rotatable bonds is 0. The number of carbonyl (C=O) groups is 2. The molecule has 0 bridgehead atoms. The first-order chi connectivity index (χ1) is 5.67. The lowest BCUT2D eigenvalue weighted by Gasteiger charge is -2.18. The van der Waals surface area contributed by atoms with Crippen LogP contribution >= 0.6 is 0 Å². The Morgan fingerprint density at radius 1 is 1.33 bits per heavy atom. The zero-order chi connectivity index (χ0) is 8.77. The maximum absolute atomic E-state index is 11.6. The highest BCUT2D eigenvalue weighted by molar-refractivity contribution is 6.08. The quantitative estimate of drug-likeness (QED) is 0.495. The molecule has 1 spiro atoms. The maximum Gasteiger partial charge on any atom is 0.236 e. The highest BCUT2D eigenvalue weighted by Crippen LogP contribution is 2.43. The summed E-state index contributed by atoms with van der Waals surface area (Å²) in [6.07, 6.45) is 3.05. The Morgan fingerprint density at radius 2 is 2.08 bits per heavy atom. The molecule has 2 fully saturated rings. The molecule has 1 atom stereocenters. The third kappa shape index (κ3) is 0.765. The number of amides is 1. The molecule has 1 heterocycles. The van der Waals surface area contributed by atoms with Crippen LogP contribution in [0.2, 0.25) is 0 Å². The summed E-state index contributed by atoms with van der Waals surface area (Å²) in [5, 5.41) is 0. The summed E-state index contributed by atoms with van der Waals surface area (Å²) in [5.41, 5.74) is -0.575. The molecule has 1 aliphatic carbocycles. The lowest BCUT2D eigenvalue weighted by molar-refractivity contribution is -0.141. The van der Waals surface area contributed by atoms with Crippen LogP contribution in [0.25, 0.3) is 0 Å². The van der Waals surface area contributed by atoms with E-state index in [-0.39, 0.29) is 11.7 Å². The topological polar surface area (TPSA) is 37.4 Å². The van der Waals surface area contributed by atoms with Crippen LogP contribution in [0.5, 0.6) is 0 Å². The first-order valence-electron chi connectivity index (χ1n) is 4.46. The van der Waals surface area contributed by atoms with Crippen molar-refractivity contribution in [3.8, 4) is 0 Å². The number of carbonyl (C=O) groups excluding carboxylic acids is 2. The van der Waals surface area contributed by atoms with Gasteiger partial charge in [-0.3, -0.25) is 9.59 Å². The minimum atomic E-state index is -0.575. The monoisotopic (exact) mass is 167 g/mol. The molecule has 0 N–H and O–H groups in total. The molecule has 0 aromatic heterocycles. The molecule has 0 aromatic carbocycles. The average molecular weight is 167 g/mol. The Bertz CT molecular complexity index is 249. The minimum Gasteiger partial charge on any atom is -0.345 e. The molecule has 1 saturated heterocycles. The molecular formula is C9H13NO2. The average Bonchev–Trinajstić information content (AvgIpc) is 2.54. The van der Waals surface area contributed by atoms with Gasteiger partial charge < -0.3 is 4.90 Å². The molecule has 1 aliphatic heterocycles. The predicted octanol–water partition coefficient (Wildman–Crippen LogP) is 0.588. The number of ketones is 1. The van der Waals surface area contributed by atoms with E-state index in [1.807, 2.05) is 0 Å². The lowest BCUT2D eigenvalue weighted by atomic mass is 9.84. The normalized spacial score (nSPS) is 35.6. The van der Waals surface area contributed by atoms with Gasteiger partial charge in [-0.2, -0.15) is 0 Å². The maximum atomic E-state index is 11.6. The third-order valence-corrected chi connectivity index (χ3v) is 3.17. The number of hydrogen-bond acceptors (Lipinski definition) is 2. The largest absolute Gasteiger partial charge is 0.345 e. The second-order valence-electron chi connectivity index (χ2n) is 3.84. The van der Waals surface area contributed by atoms with Crippen molar-refractivity contribution in [1.82, 2.24) is 4.90 Å². The zero-order valence-electron chi connectivity index (χ0n) is 7.30. The van der Waals surface area contributed by atoms with Gasteiger partial charge in [0.15, 0.2) is 0 Å². The van der Waals surface area contributed by atoms with E-state index < -0.39 is 5.41 Å². The van der Waals surface area contributed by atoms with E-state index in [0.717, 1.165) is 25.8 Å². The number of hydrogen-bond donors (Lipinski definition) is 0. The van der Waals surface area contributed by atoms with E-state index in [1.54, 1.807) is 11.9 Å². The summed E-state index contributed by atoms with van der Waals surface area (Å²) < 4.78 is 0. The molecule has 1 saturated carbocycles. The molecule has 2 aliphatic rings. The molecule has 3 nitrogen and oxygen atoms in total. The van der Waals surface area contributed by atoms with Crippen LogP contribution in [0.4, 0.5) is 0 Å². The van der Waals surface area contributed by atoms with Gasteiger partial charge in [0, 0.05) is 20.0 Å². The smallest absolute Gasteiger partial charge is 0.236 e. The molecule has 2 rings (SSSR count). The fourth-order valence-corrected chi connectivity index (χ4v) is 2.35. The second-order valence-corrected chi connectivity index (χ2v) is 3.84. The van der Waals surface area contributed by atoms with Crippen LogP contribution < -0.4 is 0 Å². The van der Waals surface area contributed by atoms with Crippen molar-refractivity contribution in [3.05, 3.63) is 0 Å². The van der Waals surface area contributed by atoms with E-state index in [1.165, 1.54) is 0 Å². The number of Topliss-reactive ketones (excluding diaryl/α,β-unsaturated/α-hetero) is 1. The fraction of sp³-hybridized carbons (Fsp3) is 0.778. The Balaban J connectivity index is 2.32. The summed E-state index contributed by atoms with van der Waals surface area (Å²) in [7, 11) is 1.78. The highest BCUT2D eigenvalue weighted by atomic mass is 16.2. The van der Waals surface area contributed by atoms with E-state index in [2.05, 4.69) is 0 Å². The Hall–Kier alpha value is -0.860. The van der Waals surface area contributed by atoms with Crippen molar-refractivity contribution >= 4 is 11.7 Å². The summed E-state index contributed by atoms with van der Waals surface area (Å²) in [4.78, 5) is 24.8. The van der Waals surface area contributed by atoms with E-state index >= 15 is 0 Å². The van der Waals surface area contributed by atoms with Gasteiger partial charge in [0.1, 0.15) is 11.2 Å². The Morgan fingerprint density at radius 3 is 2.50 bits per heavy atom. The van der Waals surface area contributed by atoms with Gasteiger partial charge in [-0.1, -0.05) is 0 Å². The summed E-state index contributed by atoms with van der Waals surface area (Å²) in [6.45, 7) is 0.755. The molecular weight excluding hydrogens is 154 g/mol. The van der Waals surface area contributed by atoms with Crippen molar-refractivity contribution in [2.24, 2.45) is 5.41 Å². The SMILES string of the molecule is CN1CCC2(CCCC2=O)C1=O. The van der Waals surface area contributed by atoms with Crippen molar-refractivity contribution < 1.29 is 9.59 Å². The predicted molar refractivity (Wildman–Crippen MR) is 43.5 cm³/mol. The number of nitrogens with zero attached hydrogens (tertiary/aromatic N) is 1. The molecule has 3 heteroatoms. The Labute approximate surface area is 71.7 Å². The Kier molecular flexibility index (Phi) is 1.50. The zero-order valence-corrected chi connectivity index (χ0v) is 7.30. The van der Waals surface area contributed by atoms with Gasteiger partial charge in [0.05, 0.1) is 0 Å². The van der Waals surface area contributed by atoms with Gasteiger partial charge in [0.2, 0.25) is 5.91 Å². The third-order valence-electron chi connectivity index (χ3n) is 3.17. The van der Waals surface area contributed by atoms with Gasteiger partial charge in [-0.15, -0.1) is 0 Å². The summed E-state index contributed by atoms with van der Waals surface area (Å²) in [6, 6.07) is 0. The van der Waals surface area contributed by atoms with Crippen LogP contribution in [0.3, 0.4) is 0 Å². The van der Waals surface area contributed by atoms with Crippen LogP contribution in [-0.2, 0) is 9.59 Å². The van der Waals surface area contributed by atoms with Gasteiger partial charge >= 0.3 is 0 Å². The molecule has 1 amide bonds. The minimum absolute atomic E-state index is 0.0602. The van der Waals surface area contributed by atoms with Crippen LogP contribution in [0, 0.1) is 5.41 Å². The van der Waals surface area contributed by atoms with Crippen molar-refractivity contribution in [3.63, 3.8) is 0 Å². The van der Waals surface area contributed by atoms with Crippen LogP contribution in [0.15, 0.2) is 0 Å². The molecule has 1 unspecified atom stereocenters. The second kappa shape index (κ2) is 2.31. The summed E-state index contributed by atoms with van der Waals surface area (Å²) >= 11 is 0. The van der Waals surface area contributed by atoms with Crippen molar-refractivity contribution in [2.45, 2.75) is 25.7 Å². The van der Waals surface area contributed by atoms with Gasteiger partial charge in [-0.25, -0.2) is 0 Å². The van der Waals surface area contributed by atoms with Gasteiger partial charge in [-0.05, 0) is 19.3 Å². The van der Waals surface area contributed by atoms with Crippen LogP contribution in [-0.4, -0.2) is 30.2 Å². The first-order valence-corrected chi connectivity index (χ1v) is 4.46. The lowest BCUT2D eigenvalue weighted by Crippen LogP contribution is -2.35. The van der Waals surface area contributed by atoms with E-state index in [0.29, 0.717) is 6.42 Å². The summed E-state index contributed by atoms with van der Waals surface area (Å²) in [5.74, 6) is 0.238. The molecule has 66 valence electrons. The standard InChI is InChI=1S/C9H13NO2/c1-10-6-5-9(8(10)12)4-2-3-7(9)11/h2-6H2,1H3. The molecule has 0 radical (unpaired) electrons. The fourth-order valence-electron chi connectivity index (χ4n) is 2.35. The van der Waals surface area contributed by atoms with Crippen LogP contribution in [0.1, 0.15) is 25.7 Å². The van der Waals surface area contributed by atoms with E-state index in [9.17, 15) is 9.59 Å². The highest BCUT2D eigenvalue weighted by Gasteiger charge is 2.52.